The van der Waals surface area contributed by atoms with Crippen molar-refractivity contribution in [2.75, 3.05) is 26.2 Å². The Morgan fingerprint density at radius 1 is 1.00 bits per heavy atom. The van der Waals surface area contributed by atoms with Crippen molar-refractivity contribution in [1.29, 1.82) is 0 Å². The molecule has 0 aromatic heterocycles. The zero-order valence-electron chi connectivity index (χ0n) is 11.2. The highest BCUT2D eigenvalue weighted by Crippen LogP contribution is 2.17. The average molecular weight is 246 g/mol. The quantitative estimate of drug-likeness (QED) is 0.759. The third kappa shape index (κ3) is 3.12. The van der Waals surface area contributed by atoms with Gasteiger partial charge < -0.3 is 4.74 Å². The van der Waals surface area contributed by atoms with Crippen LogP contribution in [0.15, 0.2) is 42.5 Å². The van der Waals surface area contributed by atoms with Gasteiger partial charge in [0.15, 0.2) is 0 Å². The van der Waals surface area contributed by atoms with Gasteiger partial charge in [-0.3, -0.25) is 9.80 Å². The first-order chi connectivity index (χ1) is 8.85. The van der Waals surface area contributed by atoms with Crippen molar-refractivity contribution in [3.8, 4) is 5.75 Å². The molecular formula is C15H22N2O. The fourth-order valence-electron chi connectivity index (χ4n) is 2.17. The Morgan fingerprint density at radius 2 is 1.56 bits per heavy atom. The molecule has 0 amide bonds. The van der Waals surface area contributed by atoms with E-state index in [1.54, 1.807) is 0 Å². The highest BCUT2D eigenvalue weighted by molar-refractivity contribution is 5.21. The minimum absolute atomic E-state index is 0.0254. The molecule has 1 aromatic rings. The zero-order valence-corrected chi connectivity index (χ0v) is 11.2. The van der Waals surface area contributed by atoms with E-state index in [1.165, 1.54) is 0 Å². The molecule has 18 heavy (non-hydrogen) atoms. The summed E-state index contributed by atoms with van der Waals surface area (Å²) in [4.78, 5) is 4.67. The van der Waals surface area contributed by atoms with Gasteiger partial charge >= 0.3 is 0 Å². The van der Waals surface area contributed by atoms with Gasteiger partial charge in [-0.05, 0) is 12.1 Å². The average Bonchev–Trinajstić information content (AvgIpc) is 2.62. The third-order valence-corrected chi connectivity index (χ3v) is 3.27. The fourth-order valence-corrected chi connectivity index (χ4v) is 2.17. The van der Waals surface area contributed by atoms with Crippen LogP contribution in [-0.4, -0.2) is 42.3 Å². The van der Waals surface area contributed by atoms with E-state index in [4.69, 9.17) is 4.74 Å². The third-order valence-electron chi connectivity index (χ3n) is 3.27. The molecule has 3 heteroatoms. The van der Waals surface area contributed by atoms with E-state index in [-0.39, 0.29) is 6.35 Å². The molecule has 0 bridgehead atoms. The monoisotopic (exact) mass is 246 g/mol. The molecule has 0 fully saturated rings. The van der Waals surface area contributed by atoms with Crippen LogP contribution in [0.4, 0.5) is 0 Å². The molecular weight excluding hydrogens is 224 g/mol. The lowest BCUT2D eigenvalue weighted by atomic mass is 10.3. The zero-order chi connectivity index (χ0) is 12.8. The Labute approximate surface area is 110 Å². The molecule has 1 aliphatic heterocycles. The second-order valence-corrected chi connectivity index (χ2v) is 4.40. The Kier molecular flexibility index (Phi) is 4.79. The molecule has 98 valence electrons. The SMILES string of the molecule is CCN1CC=CCN(CC)C1Oc1ccccc1. The summed E-state index contributed by atoms with van der Waals surface area (Å²) in [6.07, 6.45) is 4.47. The van der Waals surface area contributed by atoms with E-state index in [9.17, 15) is 0 Å². The van der Waals surface area contributed by atoms with E-state index < -0.39 is 0 Å². The maximum absolute atomic E-state index is 6.15. The van der Waals surface area contributed by atoms with Crippen LogP contribution in [0.2, 0.25) is 0 Å². The maximum Gasteiger partial charge on any atom is 0.212 e. The molecule has 2 rings (SSSR count). The number of hydrogen-bond acceptors (Lipinski definition) is 3. The van der Waals surface area contributed by atoms with Crippen molar-refractivity contribution in [2.24, 2.45) is 0 Å². The number of para-hydroxylation sites is 1. The van der Waals surface area contributed by atoms with Crippen LogP contribution in [0.1, 0.15) is 13.8 Å². The summed E-state index contributed by atoms with van der Waals surface area (Å²) in [5, 5.41) is 0. The maximum atomic E-state index is 6.15. The van der Waals surface area contributed by atoms with Crippen molar-refractivity contribution >= 4 is 0 Å². The summed E-state index contributed by atoms with van der Waals surface area (Å²) in [6, 6.07) is 10.1. The normalized spacial score (nSPS) is 18.8. The molecule has 0 spiro atoms. The van der Waals surface area contributed by atoms with Crippen LogP contribution < -0.4 is 4.74 Å². The largest absolute Gasteiger partial charge is 0.462 e. The van der Waals surface area contributed by atoms with Gasteiger partial charge in [-0.1, -0.05) is 44.2 Å². The van der Waals surface area contributed by atoms with Gasteiger partial charge in [0.05, 0.1) is 0 Å². The molecule has 1 aliphatic rings. The minimum Gasteiger partial charge on any atom is -0.462 e. The van der Waals surface area contributed by atoms with E-state index in [0.717, 1.165) is 31.9 Å². The number of benzene rings is 1. The van der Waals surface area contributed by atoms with Gasteiger partial charge in [0.1, 0.15) is 5.75 Å². The highest BCUT2D eigenvalue weighted by atomic mass is 16.5. The lowest BCUT2D eigenvalue weighted by Gasteiger charge is -2.36. The molecule has 0 saturated carbocycles. The molecule has 0 radical (unpaired) electrons. The molecule has 0 N–H and O–H groups in total. The van der Waals surface area contributed by atoms with Crippen molar-refractivity contribution in [2.45, 2.75) is 20.2 Å². The van der Waals surface area contributed by atoms with E-state index in [2.05, 4.69) is 35.8 Å². The first-order valence-corrected chi connectivity index (χ1v) is 6.70. The Hall–Kier alpha value is -1.32. The lowest BCUT2D eigenvalue weighted by molar-refractivity contribution is -0.0761. The van der Waals surface area contributed by atoms with Crippen LogP contribution in [0.5, 0.6) is 5.75 Å². The molecule has 1 aromatic carbocycles. The minimum atomic E-state index is 0.0254. The van der Waals surface area contributed by atoms with Crippen LogP contribution >= 0.6 is 0 Å². The number of nitrogens with zero attached hydrogens (tertiary/aromatic N) is 2. The highest BCUT2D eigenvalue weighted by Gasteiger charge is 2.25. The van der Waals surface area contributed by atoms with Gasteiger partial charge in [-0.25, -0.2) is 0 Å². The Bertz CT molecular complexity index is 361. The van der Waals surface area contributed by atoms with E-state index >= 15 is 0 Å². The van der Waals surface area contributed by atoms with Gasteiger partial charge in [0, 0.05) is 26.2 Å². The molecule has 1 heterocycles. The summed E-state index contributed by atoms with van der Waals surface area (Å²) in [6.45, 7) is 8.22. The lowest BCUT2D eigenvalue weighted by Crippen LogP contribution is -2.51. The summed E-state index contributed by atoms with van der Waals surface area (Å²) < 4.78 is 6.15. The second-order valence-electron chi connectivity index (χ2n) is 4.40. The summed E-state index contributed by atoms with van der Waals surface area (Å²) in [7, 11) is 0. The van der Waals surface area contributed by atoms with Crippen LogP contribution in [0.3, 0.4) is 0 Å². The van der Waals surface area contributed by atoms with Crippen LogP contribution in [-0.2, 0) is 0 Å². The van der Waals surface area contributed by atoms with Gasteiger partial charge in [-0.2, -0.15) is 0 Å². The standard InChI is InChI=1S/C15H22N2O/c1-3-16-12-8-9-13-17(4-2)15(16)18-14-10-6-5-7-11-14/h5-11,15H,3-4,12-13H2,1-2H3. The number of likely N-dealkylation sites (N-methyl/N-ethyl adjacent to an activating group) is 2. The Morgan fingerprint density at radius 3 is 2.06 bits per heavy atom. The molecule has 0 saturated heterocycles. The van der Waals surface area contributed by atoms with Crippen LogP contribution in [0, 0.1) is 0 Å². The first kappa shape index (κ1) is 13.1. The van der Waals surface area contributed by atoms with Crippen LogP contribution in [0.25, 0.3) is 0 Å². The number of ether oxygens (including phenoxy) is 1. The molecule has 0 atom stereocenters. The van der Waals surface area contributed by atoms with E-state index in [0.29, 0.717) is 0 Å². The smallest absolute Gasteiger partial charge is 0.212 e. The van der Waals surface area contributed by atoms with Crippen molar-refractivity contribution < 1.29 is 4.74 Å². The van der Waals surface area contributed by atoms with Gasteiger partial charge in [0.25, 0.3) is 0 Å². The predicted octanol–water partition coefficient (Wildman–Crippen LogP) is 2.56. The molecule has 3 nitrogen and oxygen atoms in total. The van der Waals surface area contributed by atoms with Crippen molar-refractivity contribution in [3.63, 3.8) is 0 Å². The van der Waals surface area contributed by atoms with E-state index in [1.807, 2.05) is 30.3 Å². The predicted molar refractivity (Wildman–Crippen MR) is 74.5 cm³/mol. The Balaban J connectivity index is 2.14. The second kappa shape index (κ2) is 6.57. The van der Waals surface area contributed by atoms with Crippen molar-refractivity contribution in [3.05, 3.63) is 42.5 Å². The number of rotatable bonds is 4. The summed E-state index contributed by atoms with van der Waals surface area (Å²) >= 11 is 0. The summed E-state index contributed by atoms with van der Waals surface area (Å²) in [5.41, 5.74) is 0. The van der Waals surface area contributed by atoms with Gasteiger partial charge in [-0.15, -0.1) is 0 Å². The van der Waals surface area contributed by atoms with Gasteiger partial charge in [0.2, 0.25) is 6.35 Å². The number of hydrogen-bond donors (Lipinski definition) is 0. The summed E-state index contributed by atoms with van der Waals surface area (Å²) in [5.74, 6) is 0.932. The topological polar surface area (TPSA) is 15.7 Å². The first-order valence-electron chi connectivity index (χ1n) is 6.70. The molecule has 0 unspecified atom stereocenters. The fraction of sp³-hybridized carbons (Fsp3) is 0.467. The molecule has 0 aliphatic carbocycles. The van der Waals surface area contributed by atoms with Crippen molar-refractivity contribution in [1.82, 2.24) is 9.80 Å².